The first kappa shape index (κ1) is 18.3. The molecule has 1 N–H and O–H groups in total. The van der Waals surface area contributed by atoms with E-state index in [-0.39, 0.29) is 36.9 Å². The lowest BCUT2D eigenvalue weighted by Crippen LogP contribution is -2.58. The minimum absolute atomic E-state index is 0.0362. The van der Waals surface area contributed by atoms with Crippen LogP contribution in [-0.2, 0) is 4.79 Å². The van der Waals surface area contributed by atoms with Crippen LogP contribution in [0.1, 0.15) is 55.8 Å². The number of nitrogens with one attached hydrogen (secondary N) is 1. The molecule has 2 rings (SSSR count). The molecule has 0 radical (unpaired) electrons. The monoisotopic (exact) mass is 347 g/mol. The van der Waals surface area contributed by atoms with Crippen LogP contribution in [0.2, 0.25) is 0 Å². The van der Waals surface area contributed by atoms with Crippen molar-refractivity contribution in [1.82, 2.24) is 15.4 Å². The van der Waals surface area contributed by atoms with E-state index in [1.165, 1.54) is 13.0 Å². The molecule has 0 bridgehead atoms. The number of piperidine rings is 1. The molecular weight excluding hydrogens is 327 g/mol. The highest BCUT2D eigenvalue weighted by Gasteiger charge is 2.48. The molecule has 0 unspecified atom stereocenters. The second-order valence-electron chi connectivity index (χ2n) is 6.26. The van der Waals surface area contributed by atoms with E-state index in [4.69, 9.17) is 4.52 Å². The average molecular weight is 347 g/mol. The molecule has 1 aliphatic rings. The molecule has 1 aromatic rings. The van der Waals surface area contributed by atoms with Crippen LogP contribution in [0.4, 0.5) is 13.2 Å². The van der Waals surface area contributed by atoms with E-state index in [9.17, 15) is 22.8 Å². The van der Waals surface area contributed by atoms with Gasteiger partial charge in [0, 0.05) is 31.5 Å². The first-order chi connectivity index (χ1) is 11.1. The van der Waals surface area contributed by atoms with E-state index < -0.39 is 24.2 Å². The Morgan fingerprint density at radius 3 is 2.54 bits per heavy atom. The van der Waals surface area contributed by atoms with Gasteiger partial charge in [-0.15, -0.1) is 0 Å². The Morgan fingerprint density at radius 2 is 2.04 bits per heavy atom. The lowest BCUT2D eigenvalue weighted by Gasteiger charge is -2.40. The second kappa shape index (κ2) is 6.82. The van der Waals surface area contributed by atoms with Crippen molar-refractivity contribution in [3.05, 3.63) is 17.5 Å². The number of hydrogen-bond donors (Lipinski definition) is 1. The Bertz CT molecular complexity index is 613. The molecule has 1 aliphatic heterocycles. The molecule has 134 valence electrons. The highest BCUT2D eigenvalue weighted by molar-refractivity contribution is 5.92. The predicted octanol–water partition coefficient (Wildman–Crippen LogP) is 2.47. The van der Waals surface area contributed by atoms with Gasteiger partial charge in [-0.2, -0.15) is 13.2 Å². The van der Waals surface area contributed by atoms with Gasteiger partial charge in [0.25, 0.3) is 5.91 Å². The third kappa shape index (κ3) is 4.07. The van der Waals surface area contributed by atoms with E-state index in [2.05, 4.69) is 10.5 Å². The first-order valence-corrected chi connectivity index (χ1v) is 7.71. The first-order valence-electron chi connectivity index (χ1n) is 7.71. The van der Waals surface area contributed by atoms with E-state index in [1.54, 1.807) is 0 Å². The molecule has 0 aromatic carbocycles. The number of halogens is 3. The summed E-state index contributed by atoms with van der Waals surface area (Å²) >= 11 is 0. The number of alkyl halides is 3. The van der Waals surface area contributed by atoms with Crippen molar-refractivity contribution < 1.29 is 27.3 Å². The summed E-state index contributed by atoms with van der Waals surface area (Å²) < 4.78 is 44.8. The van der Waals surface area contributed by atoms with Crippen LogP contribution in [0.3, 0.4) is 0 Å². The fourth-order valence-corrected chi connectivity index (χ4v) is 2.75. The van der Waals surface area contributed by atoms with Crippen molar-refractivity contribution in [2.75, 3.05) is 6.54 Å². The Hall–Kier alpha value is -2.06. The lowest BCUT2D eigenvalue weighted by atomic mass is 9.97. The highest BCUT2D eigenvalue weighted by atomic mass is 19.4. The number of likely N-dealkylation sites (tertiary alicyclic amines) is 1. The van der Waals surface area contributed by atoms with Crippen molar-refractivity contribution in [2.24, 2.45) is 0 Å². The zero-order valence-corrected chi connectivity index (χ0v) is 13.7. The molecule has 2 atom stereocenters. The van der Waals surface area contributed by atoms with Crippen molar-refractivity contribution in [3.63, 3.8) is 0 Å². The number of carbonyl (C=O) groups excluding carboxylic acids is 2. The summed E-state index contributed by atoms with van der Waals surface area (Å²) in [7, 11) is 0. The minimum Gasteiger partial charge on any atom is -0.360 e. The van der Waals surface area contributed by atoms with Gasteiger partial charge in [0.1, 0.15) is 11.8 Å². The van der Waals surface area contributed by atoms with Crippen molar-refractivity contribution in [3.8, 4) is 0 Å². The van der Waals surface area contributed by atoms with Gasteiger partial charge >= 0.3 is 6.18 Å². The maximum Gasteiger partial charge on any atom is 0.408 e. The number of hydrogen-bond acceptors (Lipinski definition) is 4. The van der Waals surface area contributed by atoms with Gasteiger partial charge in [-0.1, -0.05) is 19.0 Å². The molecular formula is C15H20F3N3O3. The number of nitrogens with zero attached hydrogens (tertiary/aromatic N) is 2. The van der Waals surface area contributed by atoms with E-state index in [1.807, 2.05) is 13.8 Å². The van der Waals surface area contributed by atoms with Gasteiger partial charge in [-0.3, -0.25) is 9.59 Å². The molecule has 1 aromatic heterocycles. The van der Waals surface area contributed by atoms with Gasteiger partial charge in [-0.25, -0.2) is 0 Å². The molecule has 0 spiro atoms. The van der Waals surface area contributed by atoms with Gasteiger partial charge in [-0.05, 0) is 12.8 Å². The van der Waals surface area contributed by atoms with Gasteiger partial charge < -0.3 is 14.7 Å². The van der Waals surface area contributed by atoms with Crippen LogP contribution >= 0.6 is 0 Å². The molecule has 6 nitrogen and oxygen atoms in total. The standard InChI is InChI=1S/C15H20F3N3O3/c1-8(2)12-6-11(20-24-12)14(23)21-7-10(19-9(3)22)4-5-13(21)15(16,17)18/h6,8,10,13H,4-5,7H2,1-3H3,(H,19,22)/t10-,13-/m1/s1. The van der Waals surface area contributed by atoms with Crippen LogP contribution in [0, 0.1) is 0 Å². The number of amides is 2. The highest BCUT2D eigenvalue weighted by Crippen LogP contribution is 2.33. The largest absolute Gasteiger partial charge is 0.408 e. The molecule has 9 heteroatoms. The number of aromatic nitrogens is 1. The Morgan fingerprint density at radius 1 is 1.38 bits per heavy atom. The van der Waals surface area contributed by atoms with Crippen LogP contribution in [0.15, 0.2) is 10.6 Å². The zero-order chi connectivity index (χ0) is 18.1. The molecule has 1 fully saturated rings. The van der Waals surface area contributed by atoms with Crippen molar-refractivity contribution in [2.45, 2.75) is 57.8 Å². The van der Waals surface area contributed by atoms with E-state index >= 15 is 0 Å². The van der Waals surface area contributed by atoms with Crippen molar-refractivity contribution in [1.29, 1.82) is 0 Å². The Balaban J connectivity index is 2.24. The van der Waals surface area contributed by atoms with Crippen LogP contribution < -0.4 is 5.32 Å². The number of rotatable bonds is 3. The lowest BCUT2D eigenvalue weighted by molar-refractivity contribution is -0.184. The topological polar surface area (TPSA) is 75.4 Å². The molecule has 1 saturated heterocycles. The fraction of sp³-hybridized carbons (Fsp3) is 0.667. The Kier molecular flexibility index (Phi) is 5.19. The summed E-state index contributed by atoms with van der Waals surface area (Å²) in [6, 6.07) is -1.04. The van der Waals surface area contributed by atoms with Crippen molar-refractivity contribution >= 4 is 11.8 Å². The third-order valence-corrected chi connectivity index (χ3v) is 3.94. The van der Waals surface area contributed by atoms with Crippen LogP contribution in [0.5, 0.6) is 0 Å². The summed E-state index contributed by atoms with van der Waals surface area (Å²) in [5.74, 6) is -0.798. The van der Waals surface area contributed by atoms with Gasteiger partial charge in [0.05, 0.1) is 0 Å². The van der Waals surface area contributed by atoms with Gasteiger partial charge in [0.2, 0.25) is 5.91 Å². The van der Waals surface area contributed by atoms with E-state index in [0.717, 1.165) is 4.90 Å². The van der Waals surface area contributed by atoms with Crippen LogP contribution in [0.25, 0.3) is 0 Å². The average Bonchev–Trinajstić information content (AvgIpc) is 2.94. The summed E-state index contributed by atoms with van der Waals surface area (Å²) in [5.41, 5.74) is -0.156. The van der Waals surface area contributed by atoms with Gasteiger partial charge in [0.15, 0.2) is 5.69 Å². The predicted molar refractivity (Wildman–Crippen MR) is 78.3 cm³/mol. The quantitative estimate of drug-likeness (QED) is 0.911. The minimum atomic E-state index is -4.54. The normalized spacial score (nSPS) is 21.9. The maximum atomic E-state index is 13.3. The summed E-state index contributed by atoms with van der Waals surface area (Å²) in [6.07, 6.45) is -4.65. The SMILES string of the molecule is CC(=O)N[C@@H]1CC[C@H](C(F)(F)F)N(C(=O)c2cc(C(C)C)on2)C1. The number of carbonyl (C=O) groups is 2. The van der Waals surface area contributed by atoms with E-state index in [0.29, 0.717) is 5.76 Å². The summed E-state index contributed by atoms with van der Waals surface area (Å²) in [6.45, 7) is 4.71. The second-order valence-corrected chi connectivity index (χ2v) is 6.26. The molecule has 2 amide bonds. The maximum absolute atomic E-state index is 13.3. The smallest absolute Gasteiger partial charge is 0.360 e. The van der Waals surface area contributed by atoms with Crippen LogP contribution in [-0.4, -0.2) is 46.7 Å². The molecule has 2 heterocycles. The summed E-state index contributed by atoms with van der Waals surface area (Å²) in [4.78, 5) is 24.4. The third-order valence-electron chi connectivity index (χ3n) is 3.94. The fourth-order valence-electron chi connectivity index (χ4n) is 2.75. The molecule has 24 heavy (non-hydrogen) atoms. The Labute approximate surface area is 137 Å². The molecule has 0 aliphatic carbocycles. The zero-order valence-electron chi connectivity index (χ0n) is 13.7. The molecule has 0 saturated carbocycles. The summed E-state index contributed by atoms with van der Waals surface area (Å²) in [5, 5.41) is 6.16.